The smallest absolute Gasteiger partial charge is 0.253 e. The maximum Gasteiger partial charge on any atom is 0.253 e. The summed E-state index contributed by atoms with van der Waals surface area (Å²) in [6.07, 6.45) is 5.27. The lowest BCUT2D eigenvalue weighted by molar-refractivity contribution is -0.127. The van der Waals surface area contributed by atoms with E-state index in [1.807, 2.05) is 31.2 Å². The monoisotopic (exact) mass is 481 g/mol. The Morgan fingerprint density at radius 3 is 2.26 bits per heavy atom. The largest absolute Gasteiger partial charge is 0.351 e. The van der Waals surface area contributed by atoms with Gasteiger partial charge in [-0.15, -0.1) is 0 Å². The number of benzene rings is 2. The van der Waals surface area contributed by atoms with Crippen LogP contribution in [0.2, 0.25) is 5.02 Å². The summed E-state index contributed by atoms with van der Waals surface area (Å²) in [7, 11) is 0. The van der Waals surface area contributed by atoms with Crippen LogP contribution >= 0.6 is 11.6 Å². The van der Waals surface area contributed by atoms with Crippen LogP contribution in [0.4, 0.5) is 0 Å². The Morgan fingerprint density at radius 1 is 0.882 bits per heavy atom. The Balaban J connectivity index is 1.37. The van der Waals surface area contributed by atoms with Crippen LogP contribution in [0.25, 0.3) is 0 Å². The molecule has 1 aliphatic heterocycles. The Kier molecular flexibility index (Phi) is 7.88. The number of hydrogen-bond acceptors (Lipinski definition) is 3. The lowest BCUT2D eigenvalue weighted by Gasteiger charge is -2.36. The Morgan fingerprint density at radius 2 is 1.56 bits per heavy atom. The van der Waals surface area contributed by atoms with E-state index in [0.29, 0.717) is 29.2 Å². The van der Waals surface area contributed by atoms with Gasteiger partial charge in [0.25, 0.3) is 11.8 Å². The third-order valence-electron chi connectivity index (χ3n) is 6.97. The van der Waals surface area contributed by atoms with Gasteiger partial charge in [0, 0.05) is 41.3 Å². The summed E-state index contributed by atoms with van der Waals surface area (Å²) in [5, 5.41) is 6.95. The second-order valence-electron chi connectivity index (χ2n) is 9.39. The molecule has 6 nitrogen and oxygen atoms in total. The van der Waals surface area contributed by atoms with Crippen LogP contribution in [0.5, 0.6) is 0 Å². The van der Waals surface area contributed by atoms with Crippen molar-refractivity contribution in [2.45, 2.75) is 57.5 Å². The molecule has 2 aliphatic rings. The zero-order chi connectivity index (χ0) is 24.1. The lowest BCUT2D eigenvalue weighted by atomic mass is 9.88. The van der Waals surface area contributed by atoms with Crippen molar-refractivity contribution in [2.24, 2.45) is 5.92 Å². The summed E-state index contributed by atoms with van der Waals surface area (Å²) in [6, 6.07) is 14.2. The van der Waals surface area contributed by atoms with Crippen LogP contribution in [0.1, 0.15) is 64.8 Å². The number of piperidine rings is 1. The number of likely N-dealkylation sites (tertiary alicyclic amines) is 1. The average molecular weight is 482 g/mol. The molecule has 4 rings (SSSR count). The number of amides is 3. The van der Waals surface area contributed by atoms with Gasteiger partial charge < -0.3 is 15.5 Å². The first-order valence-electron chi connectivity index (χ1n) is 12.1. The van der Waals surface area contributed by atoms with Crippen LogP contribution < -0.4 is 10.6 Å². The van der Waals surface area contributed by atoms with Gasteiger partial charge in [0.05, 0.1) is 5.92 Å². The van der Waals surface area contributed by atoms with Crippen molar-refractivity contribution in [3.63, 3.8) is 0 Å². The third-order valence-corrected chi connectivity index (χ3v) is 7.22. The molecule has 7 heteroatoms. The molecule has 180 valence electrons. The highest BCUT2D eigenvalue weighted by molar-refractivity contribution is 6.30. The van der Waals surface area contributed by atoms with E-state index in [1.54, 1.807) is 29.2 Å². The minimum absolute atomic E-state index is 0.0318. The second kappa shape index (κ2) is 11.0. The summed E-state index contributed by atoms with van der Waals surface area (Å²) in [5.41, 5.74) is 2.18. The van der Waals surface area contributed by atoms with Crippen molar-refractivity contribution in [1.29, 1.82) is 0 Å². The van der Waals surface area contributed by atoms with E-state index < -0.39 is 0 Å². The standard InChI is InChI=1S/C27H32ClN3O3/c1-18-7-2-3-9-22(18)26(33)30-24-11-5-4-10-23(24)29-25(32)20-8-6-16-31(17-20)27(34)19-12-14-21(28)15-13-19/h2-3,7,9,12-15,20,23-24H,4-6,8,10-11,16-17H2,1H3,(H,29,32)(H,30,33)/t20-,23-,24-/m1/s1. The van der Waals surface area contributed by atoms with Crippen molar-refractivity contribution >= 4 is 29.3 Å². The van der Waals surface area contributed by atoms with Gasteiger partial charge in [-0.25, -0.2) is 0 Å². The molecule has 0 spiro atoms. The number of hydrogen-bond donors (Lipinski definition) is 2. The predicted octanol–water partition coefficient (Wildman–Crippen LogP) is 4.36. The molecule has 1 heterocycles. The molecular formula is C27H32ClN3O3. The summed E-state index contributed by atoms with van der Waals surface area (Å²) in [5.74, 6) is -0.452. The molecule has 2 N–H and O–H groups in total. The number of carbonyl (C=O) groups is 3. The third kappa shape index (κ3) is 5.79. The van der Waals surface area contributed by atoms with Crippen LogP contribution in [0, 0.1) is 12.8 Å². The van der Waals surface area contributed by atoms with Gasteiger partial charge in [-0.05, 0) is 68.5 Å². The number of aryl methyl sites for hydroxylation is 1. The first-order chi connectivity index (χ1) is 16.4. The molecule has 3 atom stereocenters. The molecule has 1 aliphatic carbocycles. The van der Waals surface area contributed by atoms with Gasteiger partial charge in [-0.2, -0.15) is 0 Å². The van der Waals surface area contributed by atoms with Crippen LogP contribution in [-0.4, -0.2) is 47.8 Å². The minimum Gasteiger partial charge on any atom is -0.351 e. The highest BCUT2D eigenvalue weighted by atomic mass is 35.5. The summed E-state index contributed by atoms with van der Waals surface area (Å²) in [6.45, 7) is 2.97. The quantitative estimate of drug-likeness (QED) is 0.666. The molecule has 0 bridgehead atoms. The highest BCUT2D eigenvalue weighted by Crippen LogP contribution is 2.23. The molecule has 0 aromatic heterocycles. The molecule has 0 unspecified atom stereocenters. The Bertz CT molecular complexity index is 1040. The van der Waals surface area contributed by atoms with Crippen molar-refractivity contribution in [3.05, 3.63) is 70.2 Å². The van der Waals surface area contributed by atoms with E-state index in [0.717, 1.165) is 44.1 Å². The van der Waals surface area contributed by atoms with E-state index in [1.165, 1.54) is 0 Å². The second-order valence-corrected chi connectivity index (χ2v) is 9.83. The van der Waals surface area contributed by atoms with Crippen molar-refractivity contribution in [3.8, 4) is 0 Å². The van der Waals surface area contributed by atoms with Gasteiger partial charge in [0.1, 0.15) is 0 Å². The number of carbonyl (C=O) groups excluding carboxylic acids is 3. The number of nitrogens with zero attached hydrogens (tertiary/aromatic N) is 1. The van der Waals surface area contributed by atoms with Gasteiger partial charge in [0.2, 0.25) is 5.91 Å². The van der Waals surface area contributed by atoms with Gasteiger partial charge in [-0.1, -0.05) is 42.6 Å². The van der Waals surface area contributed by atoms with E-state index in [4.69, 9.17) is 11.6 Å². The number of halogens is 1. The maximum atomic E-state index is 13.2. The number of nitrogens with one attached hydrogen (secondary N) is 2. The molecule has 1 saturated carbocycles. The average Bonchev–Trinajstić information content (AvgIpc) is 2.85. The minimum atomic E-state index is -0.250. The van der Waals surface area contributed by atoms with E-state index >= 15 is 0 Å². The number of rotatable bonds is 5. The summed E-state index contributed by atoms with van der Waals surface area (Å²) >= 11 is 5.94. The van der Waals surface area contributed by atoms with E-state index in [2.05, 4.69) is 10.6 Å². The molecule has 0 radical (unpaired) electrons. The van der Waals surface area contributed by atoms with Gasteiger partial charge >= 0.3 is 0 Å². The zero-order valence-electron chi connectivity index (χ0n) is 19.6. The van der Waals surface area contributed by atoms with Crippen LogP contribution in [0.3, 0.4) is 0 Å². The Labute approximate surface area is 206 Å². The molecule has 2 aromatic rings. The molecule has 2 fully saturated rings. The van der Waals surface area contributed by atoms with Gasteiger partial charge in [-0.3, -0.25) is 14.4 Å². The first-order valence-corrected chi connectivity index (χ1v) is 12.5. The highest BCUT2D eigenvalue weighted by Gasteiger charge is 2.33. The van der Waals surface area contributed by atoms with E-state index in [-0.39, 0.29) is 35.7 Å². The van der Waals surface area contributed by atoms with Crippen LogP contribution in [0.15, 0.2) is 48.5 Å². The predicted molar refractivity (Wildman–Crippen MR) is 133 cm³/mol. The summed E-state index contributed by atoms with van der Waals surface area (Å²) < 4.78 is 0. The fourth-order valence-corrected chi connectivity index (χ4v) is 5.13. The van der Waals surface area contributed by atoms with Crippen molar-refractivity contribution in [2.75, 3.05) is 13.1 Å². The molecule has 1 saturated heterocycles. The molecule has 2 aromatic carbocycles. The molecule has 34 heavy (non-hydrogen) atoms. The zero-order valence-corrected chi connectivity index (χ0v) is 20.3. The molecular weight excluding hydrogens is 450 g/mol. The normalized spacial score (nSPS) is 22.6. The molecule has 3 amide bonds. The Hall–Kier alpha value is -2.86. The SMILES string of the molecule is Cc1ccccc1C(=O)N[C@@H]1CCCC[C@H]1NC(=O)[C@@H]1CCCN(C(=O)c2ccc(Cl)cc2)C1. The van der Waals surface area contributed by atoms with Crippen molar-refractivity contribution in [1.82, 2.24) is 15.5 Å². The first kappa shape index (κ1) is 24.3. The topological polar surface area (TPSA) is 78.5 Å². The maximum absolute atomic E-state index is 13.2. The van der Waals surface area contributed by atoms with Crippen LogP contribution in [-0.2, 0) is 4.79 Å². The van der Waals surface area contributed by atoms with Crippen molar-refractivity contribution < 1.29 is 14.4 Å². The fourth-order valence-electron chi connectivity index (χ4n) is 5.00. The van der Waals surface area contributed by atoms with E-state index in [9.17, 15) is 14.4 Å². The summed E-state index contributed by atoms with van der Waals surface area (Å²) in [4.78, 5) is 40.7. The van der Waals surface area contributed by atoms with Gasteiger partial charge in [0.15, 0.2) is 0 Å². The fraction of sp³-hybridized carbons (Fsp3) is 0.444. The lowest BCUT2D eigenvalue weighted by Crippen LogP contribution is -2.55.